The molecule has 1 nitrogen and oxygen atoms in total. The molecule has 1 N–H and O–H groups in total. The first kappa shape index (κ1) is 13.6. The van der Waals surface area contributed by atoms with E-state index in [9.17, 15) is 0 Å². The minimum atomic E-state index is 0.489. The Morgan fingerprint density at radius 1 is 1.22 bits per heavy atom. The van der Waals surface area contributed by atoms with Crippen LogP contribution in [0.1, 0.15) is 63.6 Å². The molecule has 1 heteroatoms. The van der Waals surface area contributed by atoms with Gasteiger partial charge in [-0.3, -0.25) is 0 Å². The topological polar surface area (TPSA) is 12.0 Å². The molecule has 1 saturated carbocycles. The van der Waals surface area contributed by atoms with Crippen LogP contribution >= 0.6 is 0 Å². The molecule has 1 aliphatic carbocycles. The van der Waals surface area contributed by atoms with E-state index < -0.39 is 0 Å². The molecule has 1 fully saturated rings. The molecule has 2 rings (SSSR count). The van der Waals surface area contributed by atoms with E-state index in [0.29, 0.717) is 6.04 Å². The van der Waals surface area contributed by atoms with E-state index in [-0.39, 0.29) is 0 Å². The molecule has 1 unspecified atom stereocenters. The Hall–Kier alpha value is -0.820. The number of rotatable bonds is 6. The summed E-state index contributed by atoms with van der Waals surface area (Å²) in [5.74, 6) is 0.922. The zero-order valence-electron chi connectivity index (χ0n) is 12.1. The van der Waals surface area contributed by atoms with Crippen molar-refractivity contribution < 1.29 is 0 Å². The Labute approximate surface area is 112 Å². The van der Waals surface area contributed by atoms with Crippen LogP contribution in [0.3, 0.4) is 0 Å². The lowest BCUT2D eigenvalue weighted by molar-refractivity contribution is 0.226. The maximum atomic E-state index is 3.73. The van der Waals surface area contributed by atoms with E-state index in [1.807, 2.05) is 0 Å². The van der Waals surface area contributed by atoms with Crippen LogP contribution in [0.15, 0.2) is 24.3 Å². The van der Waals surface area contributed by atoms with Crippen LogP contribution in [-0.2, 0) is 6.42 Å². The number of aryl methyl sites for hydroxylation is 1. The van der Waals surface area contributed by atoms with Crippen LogP contribution in [0.2, 0.25) is 0 Å². The fraction of sp³-hybridized carbons (Fsp3) is 0.647. The van der Waals surface area contributed by atoms with E-state index in [1.54, 1.807) is 0 Å². The molecular formula is C17H27N. The van der Waals surface area contributed by atoms with Crippen molar-refractivity contribution >= 4 is 0 Å². The van der Waals surface area contributed by atoms with Crippen molar-refractivity contribution in [3.8, 4) is 0 Å². The van der Waals surface area contributed by atoms with Gasteiger partial charge in [-0.2, -0.15) is 0 Å². The average molecular weight is 245 g/mol. The summed E-state index contributed by atoms with van der Waals surface area (Å²) >= 11 is 0. The molecule has 1 aromatic carbocycles. The summed E-state index contributed by atoms with van der Waals surface area (Å²) in [4.78, 5) is 0. The summed E-state index contributed by atoms with van der Waals surface area (Å²) in [5.41, 5.74) is 2.90. The van der Waals surface area contributed by atoms with Crippen LogP contribution in [0.5, 0.6) is 0 Å². The molecule has 0 amide bonds. The van der Waals surface area contributed by atoms with E-state index >= 15 is 0 Å². The number of nitrogens with one attached hydrogen (secondary N) is 1. The third kappa shape index (κ3) is 3.58. The van der Waals surface area contributed by atoms with Crippen molar-refractivity contribution in [3.05, 3.63) is 35.4 Å². The second kappa shape index (κ2) is 6.38. The van der Waals surface area contributed by atoms with Crippen molar-refractivity contribution in [1.29, 1.82) is 0 Å². The van der Waals surface area contributed by atoms with Gasteiger partial charge in [-0.25, -0.2) is 0 Å². The van der Waals surface area contributed by atoms with Crippen LogP contribution < -0.4 is 5.32 Å². The zero-order chi connectivity index (χ0) is 13.0. The third-order valence-corrected chi connectivity index (χ3v) is 4.16. The quantitative estimate of drug-likeness (QED) is 0.779. The predicted octanol–water partition coefficient (Wildman–Crippen LogP) is 4.48. The Morgan fingerprint density at radius 3 is 2.44 bits per heavy atom. The fourth-order valence-electron chi connectivity index (χ4n) is 2.84. The van der Waals surface area contributed by atoms with Crippen molar-refractivity contribution in [1.82, 2.24) is 5.32 Å². The van der Waals surface area contributed by atoms with Crippen molar-refractivity contribution in [2.45, 2.75) is 65.0 Å². The number of hydrogen-bond donors (Lipinski definition) is 1. The first-order chi connectivity index (χ1) is 8.69. The van der Waals surface area contributed by atoms with E-state index in [0.717, 1.165) is 12.0 Å². The normalized spacial score (nSPS) is 24.6. The number of benzene rings is 1. The standard InChI is InChI=1S/C17H27N/c1-4-5-6-15-7-9-16(10-8-15)14(3)18-17-11-13(2)12-17/h7-10,13-14,17-18H,4-6,11-12H2,1-3H3. The van der Waals surface area contributed by atoms with Gasteiger partial charge in [0.2, 0.25) is 0 Å². The Bertz CT molecular complexity index is 348. The van der Waals surface area contributed by atoms with Crippen LogP contribution in [0.25, 0.3) is 0 Å². The van der Waals surface area contributed by atoms with Gasteiger partial charge in [0.1, 0.15) is 0 Å². The SMILES string of the molecule is CCCCc1ccc(C(C)NC2CC(C)C2)cc1. The van der Waals surface area contributed by atoms with Gasteiger partial charge in [-0.1, -0.05) is 44.5 Å². The molecule has 0 radical (unpaired) electrons. The summed E-state index contributed by atoms with van der Waals surface area (Å²) in [6, 6.07) is 10.4. The Morgan fingerprint density at radius 2 is 1.89 bits per heavy atom. The van der Waals surface area contributed by atoms with Gasteiger partial charge in [0.05, 0.1) is 0 Å². The maximum absolute atomic E-state index is 3.73. The molecule has 18 heavy (non-hydrogen) atoms. The third-order valence-electron chi connectivity index (χ3n) is 4.16. The summed E-state index contributed by atoms with van der Waals surface area (Å²) in [5, 5.41) is 3.73. The molecule has 1 atom stereocenters. The molecule has 0 spiro atoms. The van der Waals surface area contributed by atoms with Gasteiger partial charge < -0.3 is 5.32 Å². The molecule has 1 aliphatic rings. The van der Waals surface area contributed by atoms with Gasteiger partial charge in [0, 0.05) is 12.1 Å². The molecule has 0 bridgehead atoms. The second-order valence-electron chi connectivity index (χ2n) is 6.01. The minimum Gasteiger partial charge on any atom is -0.307 e. The van der Waals surface area contributed by atoms with E-state index in [1.165, 1.54) is 43.2 Å². The first-order valence-corrected chi connectivity index (χ1v) is 7.54. The van der Waals surface area contributed by atoms with Crippen LogP contribution in [0, 0.1) is 5.92 Å². The highest BCUT2D eigenvalue weighted by atomic mass is 15.0. The summed E-state index contributed by atoms with van der Waals surface area (Å²) < 4.78 is 0. The zero-order valence-corrected chi connectivity index (χ0v) is 12.1. The first-order valence-electron chi connectivity index (χ1n) is 7.54. The Kier molecular flexibility index (Phi) is 4.82. The lowest BCUT2D eigenvalue weighted by Gasteiger charge is -2.35. The average Bonchev–Trinajstić information content (AvgIpc) is 2.35. The highest BCUT2D eigenvalue weighted by molar-refractivity contribution is 5.25. The summed E-state index contributed by atoms with van der Waals surface area (Å²) in [6.45, 7) is 6.87. The van der Waals surface area contributed by atoms with Crippen LogP contribution in [0.4, 0.5) is 0 Å². The van der Waals surface area contributed by atoms with Gasteiger partial charge in [0.25, 0.3) is 0 Å². The molecule has 100 valence electrons. The molecule has 0 aromatic heterocycles. The summed E-state index contributed by atoms with van der Waals surface area (Å²) in [7, 11) is 0. The smallest absolute Gasteiger partial charge is 0.0294 e. The van der Waals surface area contributed by atoms with Crippen molar-refractivity contribution in [3.63, 3.8) is 0 Å². The maximum Gasteiger partial charge on any atom is 0.0294 e. The molecule has 0 heterocycles. The van der Waals surface area contributed by atoms with Crippen molar-refractivity contribution in [2.75, 3.05) is 0 Å². The van der Waals surface area contributed by atoms with Gasteiger partial charge in [-0.05, 0) is 49.7 Å². The molecule has 0 aliphatic heterocycles. The highest BCUT2D eigenvalue weighted by Gasteiger charge is 2.26. The fourth-order valence-corrected chi connectivity index (χ4v) is 2.84. The van der Waals surface area contributed by atoms with E-state index in [4.69, 9.17) is 0 Å². The lowest BCUT2D eigenvalue weighted by atomic mass is 9.81. The van der Waals surface area contributed by atoms with Gasteiger partial charge >= 0.3 is 0 Å². The van der Waals surface area contributed by atoms with E-state index in [2.05, 4.69) is 50.4 Å². The molecular weight excluding hydrogens is 218 g/mol. The lowest BCUT2D eigenvalue weighted by Crippen LogP contribution is -2.41. The highest BCUT2D eigenvalue weighted by Crippen LogP contribution is 2.28. The minimum absolute atomic E-state index is 0.489. The van der Waals surface area contributed by atoms with Gasteiger partial charge in [0.15, 0.2) is 0 Å². The largest absolute Gasteiger partial charge is 0.307 e. The Balaban J connectivity index is 1.84. The second-order valence-corrected chi connectivity index (χ2v) is 6.01. The van der Waals surface area contributed by atoms with Crippen molar-refractivity contribution in [2.24, 2.45) is 5.92 Å². The summed E-state index contributed by atoms with van der Waals surface area (Å²) in [6.07, 6.45) is 6.49. The number of hydrogen-bond acceptors (Lipinski definition) is 1. The van der Waals surface area contributed by atoms with Gasteiger partial charge in [-0.15, -0.1) is 0 Å². The molecule has 1 aromatic rings. The number of unbranched alkanes of at least 4 members (excludes halogenated alkanes) is 1. The monoisotopic (exact) mass is 245 g/mol. The van der Waals surface area contributed by atoms with Crippen LogP contribution in [-0.4, -0.2) is 6.04 Å². The molecule has 0 saturated heterocycles. The predicted molar refractivity (Wildman–Crippen MR) is 78.8 cm³/mol.